The van der Waals surface area contributed by atoms with Crippen LogP contribution in [0.2, 0.25) is 0 Å². The van der Waals surface area contributed by atoms with Gasteiger partial charge in [-0.1, -0.05) is 13.8 Å². The zero-order valence-electron chi connectivity index (χ0n) is 12.3. The number of ketones is 1. The molecule has 21 heavy (non-hydrogen) atoms. The minimum absolute atomic E-state index is 0.0260. The number of benzene rings is 1. The lowest BCUT2D eigenvalue weighted by Gasteiger charge is -2.46. The Bertz CT molecular complexity index is 596. The maximum Gasteiger partial charge on any atom is 0.275 e. The summed E-state index contributed by atoms with van der Waals surface area (Å²) in [4.78, 5) is 22.0. The third-order valence-corrected chi connectivity index (χ3v) is 4.52. The van der Waals surface area contributed by atoms with Crippen molar-refractivity contribution < 1.29 is 18.8 Å². The zero-order chi connectivity index (χ0) is 15.8. The van der Waals surface area contributed by atoms with Gasteiger partial charge in [-0.05, 0) is 25.8 Å². The van der Waals surface area contributed by atoms with Crippen LogP contribution in [0.5, 0.6) is 5.75 Å². The monoisotopic (exact) mass is 295 g/mol. The maximum absolute atomic E-state index is 14.0. The van der Waals surface area contributed by atoms with E-state index in [4.69, 9.17) is 4.74 Å². The van der Waals surface area contributed by atoms with E-state index in [0.717, 1.165) is 6.07 Å². The number of nitro groups is 1. The van der Waals surface area contributed by atoms with Crippen LogP contribution in [-0.4, -0.2) is 16.8 Å². The van der Waals surface area contributed by atoms with Gasteiger partial charge in [-0.3, -0.25) is 14.9 Å². The highest BCUT2D eigenvalue weighted by Gasteiger charge is 2.54. The molecule has 0 radical (unpaired) electrons. The van der Waals surface area contributed by atoms with E-state index in [0.29, 0.717) is 18.4 Å². The smallest absolute Gasteiger partial charge is 0.275 e. The third kappa shape index (κ3) is 2.39. The Morgan fingerprint density at radius 2 is 2.05 bits per heavy atom. The molecule has 0 amide bonds. The Balaban J connectivity index is 2.27. The molecule has 1 aliphatic carbocycles. The molecule has 0 N–H and O–H groups in total. The first-order valence-electron chi connectivity index (χ1n) is 7.00. The van der Waals surface area contributed by atoms with Gasteiger partial charge in [0.25, 0.3) is 5.69 Å². The van der Waals surface area contributed by atoms with E-state index in [-0.39, 0.29) is 29.7 Å². The molecule has 0 heterocycles. The zero-order valence-corrected chi connectivity index (χ0v) is 12.3. The predicted octanol–water partition coefficient (Wildman–Crippen LogP) is 3.57. The molecule has 114 valence electrons. The van der Waals surface area contributed by atoms with E-state index in [9.17, 15) is 19.3 Å². The number of halogens is 1. The van der Waals surface area contributed by atoms with Gasteiger partial charge in [0.2, 0.25) is 0 Å². The van der Waals surface area contributed by atoms with Crippen molar-refractivity contribution in [3.05, 3.63) is 33.6 Å². The SMILES string of the molecule is CCC1(CC)C(=O)CC1Oc1cc(C)c([N+](=O)[O-])cc1F. The molecule has 0 aromatic heterocycles. The van der Waals surface area contributed by atoms with Gasteiger partial charge in [-0.15, -0.1) is 0 Å². The normalized spacial score (nSPS) is 20.0. The number of nitro benzene ring substituents is 1. The van der Waals surface area contributed by atoms with Crippen molar-refractivity contribution in [3.63, 3.8) is 0 Å². The van der Waals surface area contributed by atoms with Crippen molar-refractivity contribution in [2.24, 2.45) is 5.41 Å². The molecule has 1 aromatic rings. The summed E-state index contributed by atoms with van der Waals surface area (Å²) in [5.41, 5.74) is -0.496. The second-order valence-corrected chi connectivity index (χ2v) is 5.42. The molecule has 2 rings (SSSR count). The van der Waals surface area contributed by atoms with E-state index in [2.05, 4.69) is 0 Å². The molecule has 0 spiro atoms. The van der Waals surface area contributed by atoms with Crippen LogP contribution < -0.4 is 4.74 Å². The molecule has 0 bridgehead atoms. The lowest BCUT2D eigenvalue weighted by atomic mass is 9.61. The highest BCUT2D eigenvalue weighted by Crippen LogP contribution is 2.46. The van der Waals surface area contributed by atoms with E-state index >= 15 is 0 Å². The number of hydrogen-bond acceptors (Lipinski definition) is 4. The van der Waals surface area contributed by atoms with Crippen molar-refractivity contribution in [3.8, 4) is 5.75 Å². The van der Waals surface area contributed by atoms with E-state index in [1.165, 1.54) is 13.0 Å². The molecule has 0 aliphatic heterocycles. The number of carbonyl (C=O) groups is 1. The van der Waals surface area contributed by atoms with Gasteiger partial charge in [0, 0.05) is 12.0 Å². The molecule has 1 aliphatic rings. The van der Waals surface area contributed by atoms with Crippen LogP contribution in [0.15, 0.2) is 12.1 Å². The van der Waals surface area contributed by atoms with Gasteiger partial charge in [0.1, 0.15) is 11.9 Å². The summed E-state index contributed by atoms with van der Waals surface area (Å²) < 4.78 is 19.6. The van der Waals surface area contributed by atoms with Crippen LogP contribution >= 0.6 is 0 Å². The minimum Gasteiger partial charge on any atom is -0.486 e. The van der Waals surface area contributed by atoms with Gasteiger partial charge >= 0.3 is 0 Å². The molecular weight excluding hydrogens is 277 g/mol. The summed E-state index contributed by atoms with van der Waals surface area (Å²) in [6.45, 7) is 5.35. The predicted molar refractivity (Wildman–Crippen MR) is 74.8 cm³/mol. The maximum atomic E-state index is 14.0. The Kier molecular flexibility index (Phi) is 3.98. The minimum atomic E-state index is -0.771. The molecule has 6 heteroatoms. The lowest BCUT2D eigenvalue weighted by Crippen LogP contribution is -2.56. The highest BCUT2D eigenvalue weighted by molar-refractivity contribution is 5.92. The molecular formula is C15H18FNO4. The molecule has 0 saturated heterocycles. The molecule has 1 aromatic carbocycles. The van der Waals surface area contributed by atoms with E-state index in [1.54, 1.807) is 0 Å². The Morgan fingerprint density at radius 3 is 2.52 bits per heavy atom. The van der Waals surface area contributed by atoms with E-state index < -0.39 is 16.2 Å². The van der Waals surface area contributed by atoms with Crippen molar-refractivity contribution in [1.82, 2.24) is 0 Å². The van der Waals surface area contributed by atoms with E-state index in [1.807, 2.05) is 13.8 Å². The van der Waals surface area contributed by atoms with Crippen LogP contribution in [0.4, 0.5) is 10.1 Å². The first-order chi connectivity index (χ1) is 9.85. The number of aryl methyl sites for hydroxylation is 1. The molecule has 1 saturated carbocycles. The lowest BCUT2D eigenvalue weighted by molar-refractivity contribution is -0.385. The third-order valence-electron chi connectivity index (χ3n) is 4.52. The second kappa shape index (κ2) is 5.42. The van der Waals surface area contributed by atoms with Crippen LogP contribution in [0.3, 0.4) is 0 Å². The van der Waals surface area contributed by atoms with Gasteiger partial charge in [-0.25, -0.2) is 4.39 Å². The van der Waals surface area contributed by atoms with Crippen LogP contribution in [0, 0.1) is 28.3 Å². The van der Waals surface area contributed by atoms with Gasteiger partial charge in [-0.2, -0.15) is 0 Å². The highest BCUT2D eigenvalue weighted by atomic mass is 19.1. The number of ether oxygens (including phenoxy) is 1. The largest absolute Gasteiger partial charge is 0.486 e. The number of rotatable bonds is 5. The van der Waals surface area contributed by atoms with Gasteiger partial charge in [0.15, 0.2) is 11.6 Å². The number of carbonyl (C=O) groups excluding carboxylic acids is 1. The number of Topliss-reactive ketones (excluding diaryl/α,β-unsaturated/α-hetero) is 1. The van der Waals surface area contributed by atoms with Crippen molar-refractivity contribution in [1.29, 1.82) is 0 Å². The quantitative estimate of drug-likeness (QED) is 0.615. The summed E-state index contributed by atoms with van der Waals surface area (Å²) in [5, 5.41) is 10.8. The van der Waals surface area contributed by atoms with Gasteiger partial charge < -0.3 is 4.74 Å². The van der Waals surface area contributed by atoms with Crippen LogP contribution in [0.1, 0.15) is 38.7 Å². The summed E-state index contributed by atoms with van der Waals surface area (Å²) in [7, 11) is 0. The Hall–Kier alpha value is -1.98. The van der Waals surface area contributed by atoms with Gasteiger partial charge in [0.05, 0.1) is 16.4 Å². The molecule has 1 atom stereocenters. The van der Waals surface area contributed by atoms with Crippen LogP contribution in [-0.2, 0) is 4.79 Å². The fourth-order valence-corrected chi connectivity index (χ4v) is 2.95. The summed E-state index contributed by atoms with van der Waals surface area (Å²) in [6.07, 6.45) is 1.17. The molecule has 5 nitrogen and oxygen atoms in total. The first-order valence-corrected chi connectivity index (χ1v) is 7.00. The number of hydrogen-bond donors (Lipinski definition) is 0. The fourth-order valence-electron chi connectivity index (χ4n) is 2.95. The topological polar surface area (TPSA) is 69.4 Å². The van der Waals surface area contributed by atoms with Crippen molar-refractivity contribution in [2.45, 2.75) is 46.1 Å². The second-order valence-electron chi connectivity index (χ2n) is 5.42. The Labute approximate surface area is 122 Å². The summed E-state index contributed by atoms with van der Waals surface area (Å²) >= 11 is 0. The van der Waals surface area contributed by atoms with Crippen molar-refractivity contribution in [2.75, 3.05) is 0 Å². The standard InChI is InChI=1S/C15H18FNO4/c1-4-15(5-2)13(18)8-14(15)21-12-6-9(3)11(17(19)20)7-10(12)16/h6-7,14H,4-5,8H2,1-3H3. The average molecular weight is 295 g/mol. The Morgan fingerprint density at radius 1 is 1.43 bits per heavy atom. The number of nitrogens with zero attached hydrogens (tertiary/aromatic N) is 1. The summed E-state index contributed by atoms with van der Waals surface area (Å²) in [5.74, 6) is -0.661. The average Bonchev–Trinajstić information content (AvgIpc) is 2.43. The van der Waals surface area contributed by atoms with Crippen molar-refractivity contribution >= 4 is 11.5 Å². The fraction of sp³-hybridized carbons (Fsp3) is 0.533. The first kappa shape index (κ1) is 15.4. The summed E-state index contributed by atoms with van der Waals surface area (Å²) in [6, 6.07) is 2.19. The molecule has 1 unspecified atom stereocenters. The molecule has 1 fully saturated rings. The van der Waals surface area contributed by atoms with Crippen LogP contribution in [0.25, 0.3) is 0 Å².